The molecule has 0 N–H and O–H groups in total. The fourth-order valence-corrected chi connectivity index (χ4v) is 5.11. The molecule has 2 atom stereocenters. The summed E-state index contributed by atoms with van der Waals surface area (Å²) in [5.41, 5.74) is 4.07. The largest absolute Gasteiger partial charge is 0.488 e. The van der Waals surface area contributed by atoms with Gasteiger partial charge in [0.05, 0.1) is 4.83 Å². The lowest BCUT2D eigenvalue weighted by Gasteiger charge is -2.30. The van der Waals surface area contributed by atoms with E-state index >= 15 is 0 Å². The molecule has 4 rings (SSSR count). The van der Waals surface area contributed by atoms with E-state index in [-0.39, 0.29) is 35.6 Å². The molecule has 0 saturated heterocycles. The van der Waals surface area contributed by atoms with E-state index < -0.39 is 24.3 Å². The van der Waals surface area contributed by atoms with Crippen LogP contribution in [0, 0.1) is 0 Å². The first-order valence-corrected chi connectivity index (χ1v) is 14.1. The van der Waals surface area contributed by atoms with Crippen molar-refractivity contribution in [3.8, 4) is 16.9 Å². The van der Waals surface area contributed by atoms with E-state index in [1.807, 2.05) is 32.0 Å². The Balaban J connectivity index is 1.43. The monoisotopic (exact) mass is 599 g/mol. The van der Waals surface area contributed by atoms with Gasteiger partial charge in [-0.05, 0) is 81.8 Å². The number of carbonyl (C=O) groups is 4. The van der Waals surface area contributed by atoms with Gasteiger partial charge in [-0.1, -0.05) is 35.0 Å². The van der Waals surface area contributed by atoms with Gasteiger partial charge in [0, 0.05) is 22.7 Å². The summed E-state index contributed by atoms with van der Waals surface area (Å²) in [6.45, 7) is 8.50. The minimum atomic E-state index is -0.702. The summed E-state index contributed by atoms with van der Waals surface area (Å²) >= 11 is 3.45. The van der Waals surface area contributed by atoms with E-state index in [1.165, 1.54) is 4.90 Å². The molecule has 2 aliphatic rings. The number of hydrogen-bond donors (Lipinski definition) is 0. The van der Waals surface area contributed by atoms with Crippen LogP contribution < -0.4 is 4.74 Å². The highest BCUT2D eigenvalue weighted by molar-refractivity contribution is 9.10. The summed E-state index contributed by atoms with van der Waals surface area (Å²) in [7, 11) is 0. The van der Waals surface area contributed by atoms with Crippen molar-refractivity contribution in [2.75, 3.05) is 13.2 Å². The van der Waals surface area contributed by atoms with Crippen LogP contribution in [0.2, 0.25) is 0 Å². The van der Waals surface area contributed by atoms with Gasteiger partial charge >= 0.3 is 12.1 Å². The molecule has 0 fully saturated rings. The molecule has 2 aromatic carbocycles. The van der Waals surface area contributed by atoms with E-state index in [4.69, 9.17) is 14.2 Å². The molecule has 1 heterocycles. The number of amides is 1. The van der Waals surface area contributed by atoms with Gasteiger partial charge in [-0.2, -0.15) is 0 Å². The fourth-order valence-electron chi connectivity index (χ4n) is 4.63. The third-order valence-corrected chi connectivity index (χ3v) is 7.81. The Morgan fingerprint density at radius 2 is 1.85 bits per heavy atom. The molecule has 208 valence electrons. The molecule has 0 spiro atoms. The van der Waals surface area contributed by atoms with Crippen molar-refractivity contribution < 1.29 is 33.4 Å². The molecule has 1 aliphatic heterocycles. The topological polar surface area (TPSA) is 99.2 Å². The van der Waals surface area contributed by atoms with E-state index in [2.05, 4.69) is 15.9 Å². The molecule has 1 aliphatic carbocycles. The summed E-state index contributed by atoms with van der Waals surface area (Å²) in [5.74, 6) is -0.319. The number of fused-ring (bicyclic) bond motifs is 4. The molecule has 9 heteroatoms. The fraction of sp³-hybridized carbons (Fsp3) is 0.467. The lowest BCUT2D eigenvalue weighted by Crippen LogP contribution is -2.45. The number of nitrogens with zero attached hydrogens (tertiary/aromatic N) is 1. The summed E-state index contributed by atoms with van der Waals surface area (Å²) in [6, 6.07) is 8.91. The van der Waals surface area contributed by atoms with Crippen molar-refractivity contribution in [2.45, 2.75) is 77.0 Å². The summed E-state index contributed by atoms with van der Waals surface area (Å²) in [6.07, 6.45) is 1.57. The third-order valence-electron chi connectivity index (χ3n) is 6.94. The zero-order chi connectivity index (χ0) is 28.5. The van der Waals surface area contributed by atoms with Crippen molar-refractivity contribution >= 4 is 39.6 Å². The Hall–Kier alpha value is -3.20. The third kappa shape index (κ3) is 6.52. The predicted octanol–water partition coefficient (Wildman–Crippen LogP) is 5.90. The van der Waals surface area contributed by atoms with Crippen molar-refractivity contribution in [3.63, 3.8) is 0 Å². The number of halogens is 1. The van der Waals surface area contributed by atoms with Crippen LogP contribution in [-0.4, -0.2) is 58.2 Å². The predicted molar refractivity (Wildman–Crippen MR) is 150 cm³/mol. The maximum absolute atomic E-state index is 12.9. The number of rotatable bonds is 7. The SMILES string of the molecule is CC[C@H](C)N(CC(=O)OCC(=O)c1ccc2c(c1)COc1cc3c(cc1-2)CCC(Br)C3=O)C(=O)OC(C)(C)C. The second-order valence-corrected chi connectivity index (χ2v) is 12.1. The first kappa shape index (κ1) is 28.8. The van der Waals surface area contributed by atoms with Gasteiger partial charge in [-0.3, -0.25) is 19.3 Å². The van der Waals surface area contributed by atoms with E-state index in [0.717, 1.165) is 35.1 Å². The Kier molecular flexibility index (Phi) is 8.49. The Labute approximate surface area is 237 Å². The highest BCUT2D eigenvalue weighted by Crippen LogP contribution is 2.41. The number of alkyl halides is 1. The summed E-state index contributed by atoms with van der Waals surface area (Å²) < 4.78 is 16.6. The Morgan fingerprint density at radius 1 is 1.10 bits per heavy atom. The average Bonchev–Trinajstić information content (AvgIpc) is 2.89. The van der Waals surface area contributed by atoms with Crippen LogP contribution in [0.25, 0.3) is 11.1 Å². The number of ether oxygens (including phenoxy) is 3. The molecule has 39 heavy (non-hydrogen) atoms. The molecular weight excluding hydrogens is 566 g/mol. The number of hydrogen-bond acceptors (Lipinski definition) is 7. The number of aryl methyl sites for hydroxylation is 1. The van der Waals surface area contributed by atoms with Gasteiger partial charge < -0.3 is 14.2 Å². The zero-order valence-corrected chi connectivity index (χ0v) is 24.6. The quantitative estimate of drug-likeness (QED) is 0.222. The standard InChI is InChI=1S/C30H34BrNO7/c1-6-17(2)32(29(36)39-30(3,4)5)14-27(34)38-16-25(33)19-7-9-21-20(11-19)15-37-26-13-22-18(12-23(21)26)8-10-24(31)28(22)35/h7,9,11-13,17,24H,6,8,10,14-16H2,1-5H3/t17-,24?/m0/s1. The van der Waals surface area contributed by atoms with Gasteiger partial charge in [0.1, 0.15) is 24.5 Å². The van der Waals surface area contributed by atoms with Crippen molar-refractivity contribution in [1.29, 1.82) is 0 Å². The average molecular weight is 601 g/mol. The zero-order valence-electron chi connectivity index (χ0n) is 23.0. The number of Topliss-reactive ketones (excluding diaryl/α,β-unsaturated/α-hetero) is 2. The number of carbonyl (C=O) groups excluding carboxylic acids is 4. The Morgan fingerprint density at radius 3 is 2.54 bits per heavy atom. The van der Waals surface area contributed by atoms with E-state index in [9.17, 15) is 19.2 Å². The van der Waals surface area contributed by atoms with Crippen LogP contribution in [0.15, 0.2) is 30.3 Å². The number of esters is 1. The van der Waals surface area contributed by atoms with Gasteiger partial charge in [0.25, 0.3) is 0 Å². The van der Waals surface area contributed by atoms with Crippen molar-refractivity contribution in [1.82, 2.24) is 4.90 Å². The molecular formula is C30H34BrNO7. The van der Waals surface area contributed by atoms with Crippen LogP contribution in [0.5, 0.6) is 5.75 Å². The lowest BCUT2D eigenvalue weighted by molar-refractivity contribution is -0.144. The van der Waals surface area contributed by atoms with Crippen LogP contribution in [-0.2, 0) is 27.3 Å². The highest BCUT2D eigenvalue weighted by Gasteiger charge is 2.30. The van der Waals surface area contributed by atoms with Crippen LogP contribution in [0.1, 0.15) is 79.3 Å². The summed E-state index contributed by atoms with van der Waals surface area (Å²) in [4.78, 5) is 51.7. The van der Waals surface area contributed by atoms with Crippen molar-refractivity contribution in [2.24, 2.45) is 0 Å². The lowest BCUT2D eigenvalue weighted by atomic mass is 9.85. The van der Waals surface area contributed by atoms with Crippen LogP contribution in [0.3, 0.4) is 0 Å². The normalized spacial score (nSPS) is 16.7. The van der Waals surface area contributed by atoms with E-state index in [1.54, 1.807) is 32.9 Å². The molecule has 1 amide bonds. The second kappa shape index (κ2) is 11.5. The van der Waals surface area contributed by atoms with Crippen LogP contribution in [0.4, 0.5) is 4.79 Å². The highest BCUT2D eigenvalue weighted by atomic mass is 79.9. The smallest absolute Gasteiger partial charge is 0.411 e. The maximum atomic E-state index is 12.9. The Bertz CT molecular complexity index is 1310. The second-order valence-electron chi connectivity index (χ2n) is 11.0. The molecule has 0 bridgehead atoms. The first-order valence-electron chi connectivity index (χ1n) is 13.2. The van der Waals surface area contributed by atoms with Gasteiger partial charge in [-0.25, -0.2) is 4.79 Å². The summed E-state index contributed by atoms with van der Waals surface area (Å²) in [5, 5.41) is 0. The molecule has 0 aromatic heterocycles. The van der Waals surface area contributed by atoms with E-state index in [0.29, 0.717) is 23.3 Å². The minimum Gasteiger partial charge on any atom is -0.488 e. The van der Waals surface area contributed by atoms with Crippen molar-refractivity contribution in [3.05, 3.63) is 52.6 Å². The first-order chi connectivity index (χ1) is 18.4. The molecule has 8 nitrogen and oxygen atoms in total. The molecule has 0 radical (unpaired) electrons. The number of benzene rings is 2. The van der Waals surface area contributed by atoms with Gasteiger partial charge in [0.2, 0.25) is 0 Å². The van der Waals surface area contributed by atoms with Gasteiger partial charge in [0.15, 0.2) is 18.2 Å². The minimum absolute atomic E-state index is 0.0716. The molecule has 2 aromatic rings. The molecule has 1 unspecified atom stereocenters. The maximum Gasteiger partial charge on any atom is 0.411 e. The van der Waals surface area contributed by atoms with Gasteiger partial charge in [-0.15, -0.1) is 0 Å². The van der Waals surface area contributed by atoms with Crippen LogP contribution >= 0.6 is 15.9 Å². The molecule has 0 saturated carbocycles. The number of ketones is 2.